The molecule has 3 aromatic rings. The molecule has 0 aliphatic carbocycles. The molecule has 5 heteroatoms. The molecule has 4 nitrogen and oxygen atoms in total. The van der Waals surface area contributed by atoms with Crippen molar-refractivity contribution >= 4 is 23.6 Å². The summed E-state index contributed by atoms with van der Waals surface area (Å²) in [6.45, 7) is 8.80. The van der Waals surface area contributed by atoms with Crippen molar-refractivity contribution in [2.75, 3.05) is 0 Å². The Morgan fingerprint density at radius 1 is 0.923 bits per heavy atom. The van der Waals surface area contributed by atoms with Gasteiger partial charge in [-0.15, -0.1) is 0 Å². The average molecular weight is 349 g/mol. The Morgan fingerprint density at radius 3 is 2.31 bits per heavy atom. The third-order valence-corrected chi connectivity index (χ3v) is 5.37. The van der Waals surface area contributed by atoms with Crippen LogP contribution < -0.4 is 10.3 Å². The Hall–Kier alpha value is -2.24. The minimum Gasteiger partial charge on any atom is -0.489 e. The highest BCUT2D eigenvalue weighted by atomic mass is 16.7. The van der Waals surface area contributed by atoms with Crippen LogP contribution in [0.1, 0.15) is 33.3 Å². The summed E-state index contributed by atoms with van der Waals surface area (Å²) < 4.78 is 18.2. The second-order valence-electron chi connectivity index (χ2n) is 7.84. The number of H-pyrrole nitrogens is 1. The summed E-state index contributed by atoms with van der Waals surface area (Å²) in [6.07, 6.45) is 0. The second kappa shape index (κ2) is 6.18. The molecule has 0 unspecified atom stereocenters. The largest absolute Gasteiger partial charge is 0.512 e. The second-order valence-corrected chi connectivity index (χ2v) is 7.84. The first kappa shape index (κ1) is 17.2. The van der Waals surface area contributed by atoms with Crippen molar-refractivity contribution in [2.24, 2.45) is 0 Å². The van der Waals surface area contributed by atoms with Gasteiger partial charge in [-0.25, -0.2) is 0 Å². The van der Waals surface area contributed by atoms with Crippen LogP contribution in [0.3, 0.4) is 0 Å². The van der Waals surface area contributed by atoms with E-state index >= 15 is 0 Å². The van der Waals surface area contributed by atoms with Gasteiger partial charge in [0.05, 0.1) is 11.2 Å². The van der Waals surface area contributed by atoms with Gasteiger partial charge in [-0.05, 0) is 57.5 Å². The van der Waals surface area contributed by atoms with Crippen LogP contribution in [-0.2, 0) is 15.9 Å². The van der Waals surface area contributed by atoms with Crippen molar-refractivity contribution in [3.63, 3.8) is 0 Å². The Labute approximate surface area is 154 Å². The lowest BCUT2D eigenvalue weighted by Gasteiger charge is -2.32. The van der Waals surface area contributed by atoms with E-state index in [4.69, 9.17) is 14.0 Å². The molecule has 2 heterocycles. The minimum atomic E-state index is -0.388. The molecule has 0 radical (unpaired) electrons. The maximum atomic E-state index is 6.13. The lowest BCUT2D eigenvalue weighted by Crippen LogP contribution is -2.41. The highest BCUT2D eigenvalue weighted by Crippen LogP contribution is 2.36. The molecule has 134 valence electrons. The van der Waals surface area contributed by atoms with Crippen molar-refractivity contribution in [2.45, 2.75) is 45.5 Å². The molecule has 4 rings (SSSR count). The Morgan fingerprint density at radius 2 is 1.62 bits per heavy atom. The summed E-state index contributed by atoms with van der Waals surface area (Å²) in [5.41, 5.74) is 2.43. The fourth-order valence-electron chi connectivity index (χ4n) is 3.06. The predicted octanol–water partition coefficient (Wildman–Crippen LogP) is 4.05. The Bertz CT molecular complexity index is 901. The molecule has 0 amide bonds. The molecule has 1 saturated heterocycles. The van der Waals surface area contributed by atoms with Gasteiger partial charge in [0, 0.05) is 16.5 Å². The summed E-state index contributed by atoms with van der Waals surface area (Å²) in [6, 6.07) is 18.3. The number of hydrogen-bond acceptors (Lipinski definition) is 3. The van der Waals surface area contributed by atoms with Gasteiger partial charge in [0.25, 0.3) is 0 Å². The summed E-state index contributed by atoms with van der Waals surface area (Å²) in [4.78, 5) is 3.41. The molecular weight excluding hydrogens is 325 g/mol. The molecule has 0 atom stereocenters. The van der Waals surface area contributed by atoms with Gasteiger partial charge >= 0.3 is 7.12 Å². The van der Waals surface area contributed by atoms with E-state index in [1.165, 1.54) is 0 Å². The Kier molecular flexibility index (Phi) is 4.09. The fourth-order valence-corrected chi connectivity index (χ4v) is 3.06. The zero-order chi connectivity index (χ0) is 18.4. The van der Waals surface area contributed by atoms with E-state index in [1.807, 2.05) is 36.4 Å². The zero-order valence-corrected chi connectivity index (χ0v) is 15.7. The van der Waals surface area contributed by atoms with Crippen LogP contribution in [0, 0.1) is 0 Å². The first-order chi connectivity index (χ1) is 12.3. The van der Waals surface area contributed by atoms with Crippen LogP contribution in [0.5, 0.6) is 5.75 Å². The number of ether oxygens (including phenoxy) is 1. The van der Waals surface area contributed by atoms with Crippen molar-refractivity contribution in [1.82, 2.24) is 4.98 Å². The number of benzene rings is 2. The predicted molar refractivity (Wildman–Crippen MR) is 105 cm³/mol. The number of aromatic nitrogens is 1. The van der Waals surface area contributed by atoms with Crippen molar-refractivity contribution in [3.8, 4) is 5.75 Å². The molecule has 0 spiro atoms. The third-order valence-electron chi connectivity index (χ3n) is 5.37. The zero-order valence-electron chi connectivity index (χ0n) is 15.7. The highest BCUT2D eigenvalue weighted by molar-refractivity contribution is 6.61. The molecule has 1 fully saturated rings. The smallest absolute Gasteiger partial charge is 0.489 e. The number of aromatic amines is 1. The minimum absolute atomic E-state index is 0.348. The van der Waals surface area contributed by atoms with Crippen LogP contribution in [0.15, 0.2) is 54.6 Å². The van der Waals surface area contributed by atoms with Crippen LogP contribution in [0.25, 0.3) is 10.9 Å². The lowest BCUT2D eigenvalue weighted by molar-refractivity contribution is 0.00578. The van der Waals surface area contributed by atoms with Crippen molar-refractivity contribution in [3.05, 3.63) is 60.2 Å². The first-order valence-electron chi connectivity index (χ1n) is 8.99. The summed E-state index contributed by atoms with van der Waals surface area (Å²) in [7, 11) is -0.388. The van der Waals surface area contributed by atoms with E-state index in [0.29, 0.717) is 6.61 Å². The molecule has 0 bridgehead atoms. The number of fused-ring (bicyclic) bond motifs is 1. The van der Waals surface area contributed by atoms with Crippen LogP contribution in [0.2, 0.25) is 0 Å². The highest BCUT2D eigenvalue weighted by Gasteiger charge is 2.52. The monoisotopic (exact) mass is 349 g/mol. The van der Waals surface area contributed by atoms with Gasteiger partial charge < -0.3 is 19.0 Å². The van der Waals surface area contributed by atoms with Gasteiger partial charge in [0.1, 0.15) is 12.4 Å². The van der Waals surface area contributed by atoms with Gasteiger partial charge in [0.15, 0.2) is 0 Å². The van der Waals surface area contributed by atoms with E-state index in [1.54, 1.807) is 0 Å². The summed E-state index contributed by atoms with van der Waals surface area (Å²) in [5.74, 6) is 0.848. The van der Waals surface area contributed by atoms with E-state index < -0.39 is 0 Å². The molecule has 1 aliphatic rings. The van der Waals surface area contributed by atoms with Crippen LogP contribution in [-0.4, -0.2) is 23.3 Å². The van der Waals surface area contributed by atoms with Gasteiger partial charge in [0.2, 0.25) is 0 Å². The van der Waals surface area contributed by atoms with E-state index in [0.717, 1.165) is 27.8 Å². The van der Waals surface area contributed by atoms with E-state index in [-0.39, 0.29) is 18.3 Å². The molecule has 0 saturated carbocycles. The molecule has 1 aromatic heterocycles. The summed E-state index contributed by atoms with van der Waals surface area (Å²) in [5, 5.41) is 1.08. The maximum absolute atomic E-state index is 6.13. The quantitative estimate of drug-likeness (QED) is 0.723. The average Bonchev–Trinajstić information content (AvgIpc) is 3.11. The fraction of sp³-hybridized carbons (Fsp3) is 0.333. The third kappa shape index (κ3) is 3.13. The standard InChI is InChI=1S/C21H24BNO3/c1-20(2)21(3,4)26-22(25-20)19-13-16-12-17(10-11-18(16)23-19)24-14-15-8-6-5-7-9-15/h5-13,23H,14H2,1-4H3. The number of rotatable bonds is 4. The first-order valence-corrected chi connectivity index (χ1v) is 8.99. The Balaban J connectivity index is 1.53. The molecule has 1 aliphatic heterocycles. The molecular formula is C21H24BNO3. The SMILES string of the molecule is CC1(C)OB(c2cc3cc(OCc4ccccc4)ccc3[nH]2)OC1(C)C. The van der Waals surface area contributed by atoms with Gasteiger partial charge in [-0.3, -0.25) is 0 Å². The van der Waals surface area contributed by atoms with Crippen molar-refractivity contribution < 1.29 is 14.0 Å². The van der Waals surface area contributed by atoms with Crippen LogP contribution >= 0.6 is 0 Å². The van der Waals surface area contributed by atoms with E-state index in [9.17, 15) is 0 Å². The van der Waals surface area contributed by atoms with Crippen molar-refractivity contribution in [1.29, 1.82) is 0 Å². The summed E-state index contributed by atoms with van der Waals surface area (Å²) >= 11 is 0. The topological polar surface area (TPSA) is 43.5 Å². The molecule has 1 N–H and O–H groups in total. The van der Waals surface area contributed by atoms with Gasteiger partial charge in [-0.2, -0.15) is 0 Å². The lowest BCUT2D eigenvalue weighted by atomic mass is 9.85. The van der Waals surface area contributed by atoms with Gasteiger partial charge in [-0.1, -0.05) is 30.3 Å². The van der Waals surface area contributed by atoms with E-state index in [2.05, 4.69) is 50.9 Å². The normalized spacial score (nSPS) is 18.4. The maximum Gasteiger partial charge on any atom is 0.512 e. The van der Waals surface area contributed by atoms with Crippen LogP contribution in [0.4, 0.5) is 0 Å². The molecule has 2 aromatic carbocycles. The number of hydrogen-bond donors (Lipinski definition) is 1. The number of nitrogens with one attached hydrogen (secondary N) is 1. The molecule has 26 heavy (non-hydrogen) atoms.